The van der Waals surface area contributed by atoms with Gasteiger partial charge < -0.3 is 10.2 Å². The van der Waals surface area contributed by atoms with E-state index in [0.717, 1.165) is 9.87 Å². The molecule has 0 aromatic heterocycles. The fraction of sp³-hybridized carbons (Fsp3) is 0.259. The topological polar surface area (TPSA) is 86.8 Å². The van der Waals surface area contributed by atoms with Crippen molar-refractivity contribution in [1.82, 2.24) is 10.2 Å². The van der Waals surface area contributed by atoms with Crippen LogP contribution in [0.4, 0.5) is 5.69 Å². The molecule has 3 rings (SSSR count). The van der Waals surface area contributed by atoms with Crippen LogP contribution in [0.2, 0.25) is 10.0 Å². The molecule has 1 atom stereocenters. The lowest BCUT2D eigenvalue weighted by Gasteiger charge is -2.32. The van der Waals surface area contributed by atoms with Gasteiger partial charge in [0.15, 0.2) is 0 Å². The summed E-state index contributed by atoms with van der Waals surface area (Å²) in [5.41, 5.74) is 1.62. The maximum Gasteiger partial charge on any atom is 0.264 e. The fourth-order valence-corrected chi connectivity index (χ4v) is 5.73. The summed E-state index contributed by atoms with van der Waals surface area (Å²) in [6.45, 7) is 4.94. The highest BCUT2D eigenvalue weighted by atomic mass is 35.5. The number of nitrogens with one attached hydrogen (secondary N) is 1. The van der Waals surface area contributed by atoms with Gasteiger partial charge in [0, 0.05) is 28.7 Å². The third-order valence-electron chi connectivity index (χ3n) is 5.81. The van der Waals surface area contributed by atoms with Crippen LogP contribution in [-0.4, -0.2) is 44.3 Å². The smallest absolute Gasteiger partial charge is 0.264 e. The van der Waals surface area contributed by atoms with Crippen LogP contribution in [0, 0.1) is 6.92 Å². The number of rotatable bonds is 10. The molecule has 0 unspecified atom stereocenters. The molecule has 0 saturated heterocycles. The number of aryl methyl sites for hydroxylation is 1. The molecule has 3 aromatic carbocycles. The minimum Gasteiger partial charge on any atom is -0.355 e. The normalized spacial score (nSPS) is 12.0. The Morgan fingerprint density at radius 3 is 2.16 bits per heavy atom. The molecule has 0 radical (unpaired) electrons. The summed E-state index contributed by atoms with van der Waals surface area (Å²) in [4.78, 5) is 27.9. The van der Waals surface area contributed by atoms with Crippen LogP contribution in [0.25, 0.3) is 0 Å². The molecule has 0 aliphatic rings. The lowest BCUT2D eigenvalue weighted by molar-refractivity contribution is -0.139. The first-order chi connectivity index (χ1) is 17.6. The summed E-state index contributed by atoms with van der Waals surface area (Å²) in [5.74, 6) is -0.970. The van der Waals surface area contributed by atoms with Gasteiger partial charge in [-0.15, -0.1) is 0 Å². The second-order valence-corrected chi connectivity index (χ2v) is 11.1. The number of anilines is 1. The number of carbonyl (C=O) groups excluding carboxylic acids is 2. The van der Waals surface area contributed by atoms with E-state index in [4.69, 9.17) is 23.2 Å². The van der Waals surface area contributed by atoms with E-state index in [2.05, 4.69) is 5.32 Å². The number of likely N-dealkylation sites (N-methyl/N-ethyl adjacent to an activating group) is 1. The Hall–Kier alpha value is -3.07. The van der Waals surface area contributed by atoms with Gasteiger partial charge in [-0.05, 0) is 62.7 Å². The van der Waals surface area contributed by atoms with Crippen molar-refractivity contribution in [2.45, 2.75) is 38.3 Å². The van der Waals surface area contributed by atoms with Crippen LogP contribution in [0.15, 0.2) is 77.7 Å². The van der Waals surface area contributed by atoms with E-state index in [-0.39, 0.29) is 17.3 Å². The molecule has 0 aliphatic heterocycles. The van der Waals surface area contributed by atoms with Crippen molar-refractivity contribution in [3.05, 3.63) is 94.0 Å². The summed E-state index contributed by atoms with van der Waals surface area (Å²) in [6.07, 6.45) is 0. The number of benzene rings is 3. The van der Waals surface area contributed by atoms with Crippen LogP contribution in [0.5, 0.6) is 0 Å². The maximum atomic E-state index is 13.8. The first-order valence-electron chi connectivity index (χ1n) is 11.7. The summed E-state index contributed by atoms with van der Waals surface area (Å²) < 4.78 is 28.5. The molecule has 0 heterocycles. The summed E-state index contributed by atoms with van der Waals surface area (Å²) in [5, 5.41) is 3.38. The Morgan fingerprint density at radius 2 is 1.57 bits per heavy atom. The zero-order valence-corrected chi connectivity index (χ0v) is 23.1. The van der Waals surface area contributed by atoms with Gasteiger partial charge in [0.1, 0.15) is 12.6 Å². The average molecular weight is 563 g/mol. The highest BCUT2D eigenvalue weighted by Crippen LogP contribution is 2.28. The van der Waals surface area contributed by atoms with Crippen LogP contribution in [0.3, 0.4) is 0 Å². The quantitative estimate of drug-likeness (QED) is 0.375. The molecule has 10 heteroatoms. The van der Waals surface area contributed by atoms with Crippen LogP contribution < -0.4 is 9.62 Å². The van der Waals surface area contributed by atoms with E-state index in [1.165, 1.54) is 17.0 Å². The predicted octanol–water partition coefficient (Wildman–Crippen LogP) is 5.05. The molecule has 0 spiro atoms. The molecule has 196 valence electrons. The Morgan fingerprint density at radius 1 is 0.946 bits per heavy atom. The van der Waals surface area contributed by atoms with Gasteiger partial charge in [0.25, 0.3) is 10.0 Å². The van der Waals surface area contributed by atoms with Crippen molar-refractivity contribution in [1.29, 1.82) is 0 Å². The van der Waals surface area contributed by atoms with E-state index in [0.29, 0.717) is 27.8 Å². The molecule has 0 bridgehead atoms. The molecule has 2 amide bonds. The second kappa shape index (κ2) is 12.4. The van der Waals surface area contributed by atoms with Gasteiger partial charge in [-0.1, -0.05) is 59.6 Å². The number of hydrogen-bond donors (Lipinski definition) is 1. The molecule has 37 heavy (non-hydrogen) atoms. The number of halogens is 2. The number of amides is 2. The lowest BCUT2D eigenvalue weighted by Crippen LogP contribution is -2.51. The van der Waals surface area contributed by atoms with E-state index >= 15 is 0 Å². The SMILES string of the molecule is CCNC(=O)[C@H](C)N(Cc1c(Cl)cccc1Cl)C(=O)CN(c1cccc(C)c1)S(=O)(=O)c1ccccc1. The summed E-state index contributed by atoms with van der Waals surface area (Å²) in [7, 11) is -4.11. The van der Waals surface area contributed by atoms with Gasteiger partial charge in [0.05, 0.1) is 10.6 Å². The Bertz CT molecular complexity index is 1350. The van der Waals surface area contributed by atoms with E-state index in [1.54, 1.807) is 68.4 Å². The van der Waals surface area contributed by atoms with Crippen molar-refractivity contribution in [2.75, 3.05) is 17.4 Å². The molecule has 3 aromatic rings. The largest absolute Gasteiger partial charge is 0.355 e. The maximum absolute atomic E-state index is 13.8. The third-order valence-corrected chi connectivity index (χ3v) is 8.30. The summed E-state index contributed by atoms with van der Waals surface area (Å²) in [6, 6.07) is 18.8. The van der Waals surface area contributed by atoms with Crippen molar-refractivity contribution in [3.8, 4) is 0 Å². The Kier molecular flexibility index (Phi) is 9.59. The fourth-order valence-electron chi connectivity index (χ4n) is 3.79. The second-order valence-electron chi connectivity index (χ2n) is 8.46. The minimum atomic E-state index is -4.11. The Labute approximate surface area is 228 Å². The average Bonchev–Trinajstić information content (AvgIpc) is 2.87. The van der Waals surface area contributed by atoms with Gasteiger partial charge in [-0.25, -0.2) is 8.42 Å². The van der Waals surface area contributed by atoms with Gasteiger partial charge in [0.2, 0.25) is 11.8 Å². The van der Waals surface area contributed by atoms with Gasteiger partial charge in [-0.3, -0.25) is 13.9 Å². The lowest BCUT2D eigenvalue weighted by atomic mass is 10.1. The van der Waals surface area contributed by atoms with E-state index in [1.807, 2.05) is 13.0 Å². The first kappa shape index (κ1) is 28.5. The molecule has 0 aliphatic carbocycles. The molecule has 0 fully saturated rings. The Balaban J connectivity index is 2.06. The number of nitrogens with zero attached hydrogens (tertiary/aromatic N) is 2. The van der Waals surface area contributed by atoms with Crippen molar-refractivity contribution in [3.63, 3.8) is 0 Å². The van der Waals surface area contributed by atoms with Gasteiger partial charge in [-0.2, -0.15) is 0 Å². The third kappa shape index (κ3) is 6.83. The zero-order chi connectivity index (χ0) is 27.2. The highest BCUT2D eigenvalue weighted by molar-refractivity contribution is 7.92. The number of sulfonamides is 1. The van der Waals surface area contributed by atoms with Crippen molar-refractivity contribution in [2.24, 2.45) is 0 Å². The minimum absolute atomic E-state index is 0.0433. The molecular weight excluding hydrogens is 533 g/mol. The van der Waals surface area contributed by atoms with Gasteiger partial charge >= 0.3 is 0 Å². The molecule has 0 saturated carbocycles. The van der Waals surface area contributed by atoms with Crippen LogP contribution >= 0.6 is 23.2 Å². The summed E-state index contributed by atoms with van der Waals surface area (Å²) >= 11 is 12.7. The molecule has 7 nitrogen and oxygen atoms in total. The standard InChI is InChI=1S/C27H29Cl2N3O4S/c1-4-30-27(34)20(3)31(17-23-24(28)14-9-15-25(23)29)26(33)18-32(21-11-8-10-19(2)16-21)37(35,36)22-12-6-5-7-13-22/h5-16,20H,4,17-18H2,1-3H3,(H,30,34)/t20-/m0/s1. The monoisotopic (exact) mass is 561 g/mol. The van der Waals surface area contributed by atoms with Crippen molar-refractivity contribution >= 4 is 50.7 Å². The first-order valence-corrected chi connectivity index (χ1v) is 13.9. The highest BCUT2D eigenvalue weighted by Gasteiger charge is 2.33. The van der Waals surface area contributed by atoms with Crippen LogP contribution in [0.1, 0.15) is 25.0 Å². The van der Waals surface area contributed by atoms with Crippen molar-refractivity contribution < 1.29 is 18.0 Å². The number of hydrogen-bond acceptors (Lipinski definition) is 4. The van der Waals surface area contributed by atoms with E-state index in [9.17, 15) is 18.0 Å². The van der Waals surface area contributed by atoms with Crippen LogP contribution in [-0.2, 0) is 26.2 Å². The van der Waals surface area contributed by atoms with E-state index < -0.39 is 28.5 Å². The molecular formula is C27H29Cl2N3O4S. The molecule has 1 N–H and O–H groups in total. The zero-order valence-electron chi connectivity index (χ0n) is 20.8. The predicted molar refractivity (Wildman–Crippen MR) is 147 cm³/mol. The number of carbonyl (C=O) groups is 2.